The van der Waals surface area contributed by atoms with Gasteiger partial charge in [0.05, 0.1) is 17.6 Å². The minimum absolute atomic E-state index is 0.440. The topological polar surface area (TPSA) is 44.4 Å². The third-order valence-electron chi connectivity index (χ3n) is 5.98. The van der Waals surface area contributed by atoms with Gasteiger partial charge in [0.2, 0.25) is 5.95 Å². The molecule has 1 N–H and O–H groups in total. The van der Waals surface area contributed by atoms with E-state index in [0.717, 1.165) is 53.5 Å². The van der Waals surface area contributed by atoms with Crippen molar-refractivity contribution in [1.29, 1.82) is 0 Å². The molecule has 1 aliphatic heterocycles. The average Bonchev–Trinajstić information content (AvgIpc) is 3.23. The van der Waals surface area contributed by atoms with Crippen molar-refractivity contribution in [3.8, 4) is 0 Å². The van der Waals surface area contributed by atoms with Gasteiger partial charge in [0, 0.05) is 42.7 Å². The number of imidazole rings is 1. The van der Waals surface area contributed by atoms with Gasteiger partial charge in [0.15, 0.2) is 0 Å². The molecule has 1 aliphatic rings. The minimum Gasteiger partial charge on any atom is -0.493 e. The van der Waals surface area contributed by atoms with Crippen molar-refractivity contribution in [1.82, 2.24) is 9.97 Å². The molecule has 0 saturated carbocycles. The first-order chi connectivity index (χ1) is 15.6. The molecule has 0 radical (unpaired) electrons. The van der Waals surface area contributed by atoms with Crippen molar-refractivity contribution in [2.45, 2.75) is 39.7 Å². The molecule has 0 bridgehead atoms. The number of nitrogens with zero attached hydrogens (tertiary/aromatic N) is 3. The van der Waals surface area contributed by atoms with Crippen LogP contribution in [0.25, 0.3) is 11.0 Å². The number of ether oxygens (including phenoxy) is 1. The number of rotatable bonds is 9. The van der Waals surface area contributed by atoms with Crippen LogP contribution < -0.4 is 9.80 Å². The molecule has 0 fully saturated rings. The average molecular weight is 429 g/mol. The molecule has 0 amide bonds. The van der Waals surface area contributed by atoms with Crippen LogP contribution in [0.1, 0.15) is 32.8 Å². The third-order valence-corrected chi connectivity index (χ3v) is 5.98. The number of fused-ring (bicyclic) bond motifs is 1. The van der Waals surface area contributed by atoms with E-state index in [4.69, 9.17) is 9.72 Å². The molecule has 3 aromatic rings. The maximum atomic E-state index is 5.95. The van der Waals surface area contributed by atoms with E-state index in [1.807, 2.05) is 24.4 Å². The van der Waals surface area contributed by atoms with Crippen molar-refractivity contribution in [3.63, 3.8) is 0 Å². The van der Waals surface area contributed by atoms with Crippen molar-refractivity contribution >= 4 is 22.7 Å². The Morgan fingerprint density at radius 3 is 2.69 bits per heavy atom. The van der Waals surface area contributed by atoms with E-state index in [1.165, 1.54) is 5.56 Å². The summed E-state index contributed by atoms with van der Waals surface area (Å²) in [6.07, 6.45) is 7.94. The summed E-state index contributed by atoms with van der Waals surface area (Å²) < 4.78 is 5.95. The minimum atomic E-state index is 0.440. The predicted molar refractivity (Wildman–Crippen MR) is 134 cm³/mol. The highest BCUT2D eigenvalue weighted by atomic mass is 16.5. The second-order valence-corrected chi connectivity index (χ2v) is 8.11. The highest BCUT2D eigenvalue weighted by Crippen LogP contribution is 2.29. The molecule has 1 atom stereocenters. The number of hydrogen-bond acceptors (Lipinski definition) is 4. The summed E-state index contributed by atoms with van der Waals surface area (Å²) in [6.45, 7) is 12.4. The first-order valence-corrected chi connectivity index (χ1v) is 11.4. The lowest BCUT2D eigenvalue weighted by Crippen LogP contribution is -2.33. The number of hydrogen-bond donors (Lipinski definition) is 1. The number of H-pyrrole nitrogens is 1. The number of allylic oxidation sites excluding steroid dienone is 2. The van der Waals surface area contributed by atoms with Crippen molar-refractivity contribution in [2.24, 2.45) is 0 Å². The molecule has 2 heterocycles. The molecule has 5 heteroatoms. The standard InChI is InChI=1S/C27H32N4O/c1-5-20(3)30(6-2)27-28-25-13-12-23(19-26(25)29-27)31-16-14-24(18-21(31)4)32-17-15-22-10-8-7-9-11-22/h7-14,16,18-20H,4-6,15,17H2,1-3H3,(H,28,29). The van der Waals surface area contributed by atoms with Gasteiger partial charge in [0.1, 0.15) is 5.76 Å². The second kappa shape index (κ2) is 9.77. The smallest absolute Gasteiger partial charge is 0.204 e. The lowest BCUT2D eigenvalue weighted by Gasteiger charge is -2.26. The van der Waals surface area contributed by atoms with E-state index in [2.05, 4.69) is 84.6 Å². The van der Waals surface area contributed by atoms with Crippen molar-refractivity contribution in [2.75, 3.05) is 23.0 Å². The second-order valence-electron chi connectivity index (χ2n) is 8.11. The highest BCUT2D eigenvalue weighted by molar-refractivity contribution is 5.83. The van der Waals surface area contributed by atoms with Crippen LogP contribution in [0, 0.1) is 0 Å². The summed E-state index contributed by atoms with van der Waals surface area (Å²) >= 11 is 0. The molecule has 2 aromatic carbocycles. The summed E-state index contributed by atoms with van der Waals surface area (Å²) in [5.74, 6) is 1.76. The van der Waals surface area contributed by atoms with Gasteiger partial charge in [-0.25, -0.2) is 4.98 Å². The van der Waals surface area contributed by atoms with Crippen LogP contribution in [0.3, 0.4) is 0 Å². The monoisotopic (exact) mass is 428 g/mol. The zero-order valence-electron chi connectivity index (χ0n) is 19.2. The highest BCUT2D eigenvalue weighted by Gasteiger charge is 2.17. The summed E-state index contributed by atoms with van der Waals surface area (Å²) in [7, 11) is 0. The lowest BCUT2D eigenvalue weighted by molar-refractivity contribution is 0.227. The summed E-state index contributed by atoms with van der Waals surface area (Å²) in [4.78, 5) is 12.7. The van der Waals surface area contributed by atoms with E-state index in [9.17, 15) is 0 Å². The Bertz CT molecular complexity index is 1130. The third kappa shape index (κ3) is 4.72. The molecule has 0 spiro atoms. The Kier molecular flexibility index (Phi) is 6.64. The van der Waals surface area contributed by atoms with Gasteiger partial charge in [-0.1, -0.05) is 43.8 Å². The Morgan fingerprint density at radius 2 is 1.97 bits per heavy atom. The van der Waals surface area contributed by atoms with Gasteiger partial charge >= 0.3 is 0 Å². The van der Waals surface area contributed by atoms with Gasteiger partial charge in [-0.2, -0.15) is 0 Å². The Morgan fingerprint density at radius 1 is 1.16 bits per heavy atom. The number of nitrogens with one attached hydrogen (secondary N) is 1. The maximum absolute atomic E-state index is 5.95. The van der Waals surface area contributed by atoms with E-state index >= 15 is 0 Å². The SMILES string of the molecule is C=C1C=C(OCCc2ccccc2)C=CN1c1ccc2nc(N(CC)C(C)CC)[nH]c2c1. The molecule has 1 unspecified atom stereocenters. The normalized spacial score (nSPS) is 14.5. The van der Waals surface area contributed by atoms with Gasteiger partial charge in [-0.3, -0.25) is 0 Å². The van der Waals surface area contributed by atoms with E-state index in [-0.39, 0.29) is 0 Å². The van der Waals surface area contributed by atoms with Crippen LogP contribution >= 0.6 is 0 Å². The van der Waals surface area contributed by atoms with Crippen molar-refractivity contribution < 1.29 is 4.74 Å². The van der Waals surface area contributed by atoms with Gasteiger partial charge in [0.25, 0.3) is 0 Å². The Labute approximate surface area is 190 Å². The summed E-state index contributed by atoms with van der Waals surface area (Å²) in [5.41, 5.74) is 5.18. The molecule has 166 valence electrons. The Balaban J connectivity index is 1.44. The number of anilines is 2. The molecule has 1 aromatic heterocycles. The zero-order chi connectivity index (χ0) is 22.5. The lowest BCUT2D eigenvalue weighted by atomic mass is 10.2. The van der Waals surface area contributed by atoms with Gasteiger partial charge in [-0.15, -0.1) is 0 Å². The Hall–Kier alpha value is -3.47. The van der Waals surface area contributed by atoms with E-state index in [1.54, 1.807) is 0 Å². The molecular formula is C27H32N4O. The number of benzene rings is 2. The molecular weight excluding hydrogens is 396 g/mol. The van der Waals surface area contributed by atoms with Crippen LogP contribution in [0.15, 0.2) is 84.9 Å². The van der Waals surface area contributed by atoms with E-state index in [0.29, 0.717) is 12.6 Å². The number of aromatic amines is 1. The van der Waals surface area contributed by atoms with Crippen LogP contribution in [0.4, 0.5) is 11.6 Å². The van der Waals surface area contributed by atoms with Gasteiger partial charge in [-0.05, 0) is 50.1 Å². The van der Waals surface area contributed by atoms with Crippen LogP contribution in [0.2, 0.25) is 0 Å². The van der Waals surface area contributed by atoms with E-state index < -0.39 is 0 Å². The first-order valence-electron chi connectivity index (χ1n) is 11.4. The van der Waals surface area contributed by atoms with Crippen molar-refractivity contribution in [3.05, 3.63) is 90.5 Å². The molecule has 32 heavy (non-hydrogen) atoms. The van der Waals surface area contributed by atoms with Crippen LogP contribution in [0.5, 0.6) is 0 Å². The fourth-order valence-corrected chi connectivity index (χ4v) is 3.96. The number of aromatic nitrogens is 2. The fraction of sp³-hybridized carbons (Fsp3) is 0.296. The fourth-order valence-electron chi connectivity index (χ4n) is 3.96. The molecule has 0 aliphatic carbocycles. The zero-order valence-corrected chi connectivity index (χ0v) is 19.2. The molecule has 5 nitrogen and oxygen atoms in total. The first kappa shape index (κ1) is 21.8. The van der Waals surface area contributed by atoms with Crippen LogP contribution in [-0.4, -0.2) is 29.2 Å². The van der Waals surface area contributed by atoms with Crippen LogP contribution in [-0.2, 0) is 11.2 Å². The molecule has 0 saturated heterocycles. The largest absolute Gasteiger partial charge is 0.493 e. The summed E-state index contributed by atoms with van der Waals surface area (Å²) in [6, 6.07) is 17.1. The quantitative estimate of drug-likeness (QED) is 0.442. The van der Waals surface area contributed by atoms with Gasteiger partial charge < -0.3 is 19.5 Å². The molecule has 4 rings (SSSR count). The maximum Gasteiger partial charge on any atom is 0.204 e. The predicted octanol–water partition coefficient (Wildman–Crippen LogP) is 6.18. The summed E-state index contributed by atoms with van der Waals surface area (Å²) in [5, 5.41) is 0.